The first-order chi connectivity index (χ1) is 7.22. The highest BCUT2D eigenvalue weighted by Gasteiger charge is 2.30. The zero-order valence-electron chi connectivity index (χ0n) is 9.35. The second-order valence-electron chi connectivity index (χ2n) is 4.20. The lowest BCUT2D eigenvalue weighted by Crippen LogP contribution is -2.34. The van der Waals surface area contributed by atoms with E-state index in [1.807, 2.05) is 0 Å². The molecule has 1 aromatic heterocycles. The monoisotopic (exact) mass is 206 g/mol. The fourth-order valence-corrected chi connectivity index (χ4v) is 2.38. The number of hydrogen-bond donors (Lipinski definition) is 1. The maximum absolute atomic E-state index is 5.66. The van der Waals surface area contributed by atoms with Crippen LogP contribution in [0.3, 0.4) is 0 Å². The minimum absolute atomic E-state index is 0.501. The SMILES string of the molecule is CCC1CCC(C)N1c1cncc(N)n1. The molecule has 0 aliphatic carbocycles. The molecular formula is C11H18N4. The molecule has 2 atom stereocenters. The molecule has 2 N–H and O–H groups in total. The van der Waals surface area contributed by atoms with Gasteiger partial charge >= 0.3 is 0 Å². The number of nitrogens with zero attached hydrogens (tertiary/aromatic N) is 3. The van der Waals surface area contributed by atoms with Crippen molar-refractivity contribution in [2.24, 2.45) is 0 Å². The van der Waals surface area contributed by atoms with Crippen LogP contribution >= 0.6 is 0 Å². The van der Waals surface area contributed by atoms with Crippen molar-refractivity contribution in [3.8, 4) is 0 Å². The van der Waals surface area contributed by atoms with Gasteiger partial charge in [0, 0.05) is 12.1 Å². The average Bonchev–Trinajstić information content (AvgIpc) is 2.59. The van der Waals surface area contributed by atoms with E-state index in [4.69, 9.17) is 5.73 Å². The van der Waals surface area contributed by atoms with Crippen LogP contribution in [-0.2, 0) is 0 Å². The third-order valence-corrected chi connectivity index (χ3v) is 3.16. The minimum Gasteiger partial charge on any atom is -0.382 e. The summed E-state index contributed by atoms with van der Waals surface area (Å²) in [7, 11) is 0. The molecule has 0 saturated carbocycles. The molecule has 1 saturated heterocycles. The van der Waals surface area contributed by atoms with Crippen molar-refractivity contribution in [3.63, 3.8) is 0 Å². The molecular weight excluding hydrogens is 188 g/mol. The second-order valence-corrected chi connectivity index (χ2v) is 4.20. The van der Waals surface area contributed by atoms with Gasteiger partial charge in [0.15, 0.2) is 0 Å². The molecule has 1 aliphatic heterocycles. The molecule has 2 unspecified atom stereocenters. The fourth-order valence-electron chi connectivity index (χ4n) is 2.38. The molecule has 82 valence electrons. The third kappa shape index (κ3) is 1.89. The molecule has 4 nitrogen and oxygen atoms in total. The largest absolute Gasteiger partial charge is 0.382 e. The summed E-state index contributed by atoms with van der Waals surface area (Å²) in [6, 6.07) is 1.14. The van der Waals surface area contributed by atoms with Crippen LogP contribution in [0.4, 0.5) is 11.6 Å². The average molecular weight is 206 g/mol. The van der Waals surface area contributed by atoms with Crippen molar-refractivity contribution in [1.82, 2.24) is 9.97 Å². The van der Waals surface area contributed by atoms with Crippen molar-refractivity contribution in [1.29, 1.82) is 0 Å². The summed E-state index contributed by atoms with van der Waals surface area (Å²) in [5.74, 6) is 1.42. The number of aromatic nitrogens is 2. The van der Waals surface area contributed by atoms with Gasteiger partial charge in [0.2, 0.25) is 0 Å². The number of anilines is 2. The highest BCUT2D eigenvalue weighted by Crippen LogP contribution is 2.30. The van der Waals surface area contributed by atoms with Gasteiger partial charge < -0.3 is 10.6 Å². The predicted octanol–water partition coefficient (Wildman–Crippen LogP) is 1.83. The van der Waals surface area contributed by atoms with Gasteiger partial charge in [-0.05, 0) is 26.2 Å². The lowest BCUT2D eigenvalue weighted by Gasteiger charge is -2.28. The van der Waals surface area contributed by atoms with E-state index < -0.39 is 0 Å². The summed E-state index contributed by atoms with van der Waals surface area (Å²) >= 11 is 0. The summed E-state index contributed by atoms with van der Waals surface area (Å²) in [5.41, 5.74) is 5.66. The second kappa shape index (κ2) is 4.04. The first-order valence-electron chi connectivity index (χ1n) is 5.58. The first kappa shape index (κ1) is 10.2. The van der Waals surface area contributed by atoms with E-state index >= 15 is 0 Å². The molecule has 0 aromatic carbocycles. The molecule has 1 aromatic rings. The maximum atomic E-state index is 5.66. The van der Waals surface area contributed by atoms with Gasteiger partial charge in [-0.2, -0.15) is 0 Å². The molecule has 2 rings (SSSR count). The van der Waals surface area contributed by atoms with Gasteiger partial charge in [0.05, 0.1) is 12.4 Å². The molecule has 4 heteroatoms. The minimum atomic E-state index is 0.501. The zero-order chi connectivity index (χ0) is 10.8. The number of hydrogen-bond acceptors (Lipinski definition) is 4. The van der Waals surface area contributed by atoms with Crippen molar-refractivity contribution >= 4 is 11.6 Å². The van der Waals surface area contributed by atoms with Crippen molar-refractivity contribution in [2.75, 3.05) is 10.6 Å². The third-order valence-electron chi connectivity index (χ3n) is 3.16. The quantitative estimate of drug-likeness (QED) is 0.802. The Labute approximate surface area is 90.5 Å². The van der Waals surface area contributed by atoms with Gasteiger partial charge in [-0.25, -0.2) is 4.98 Å². The standard InChI is InChI=1S/C11H18N4/c1-3-9-5-4-8(2)15(9)11-7-13-6-10(12)14-11/h6-9H,3-5H2,1-2H3,(H2,12,14). The van der Waals surface area contributed by atoms with E-state index in [2.05, 4.69) is 28.7 Å². The summed E-state index contributed by atoms with van der Waals surface area (Å²) in [4.78, 5) is 10.8. The molecule has 0 radical (unpaired) electrons. The maximum Gasteiger partial charge on any atom is 0.150 e. The summed E-state index contributed by atoms with van der Waals surface area (Å²) in [5, 5.41) is 0. The normalized spacial score (nSPS) is 25.9. The van der Waals surface area contributed by atoms with Crippen LogP contribution in [0.1, 0.15) is 33.1 Å². The highest BCUT2D eigenvalue weighted by molar-refractivity contribution is 5.44. The van der Waals surface area contributed by atoms with E-state index in [1.54, 1.807) is 12.4 Å². The van der Waals surface area contributed by atoms with Crippen LogP contribution in [0.5, 0.6) is 0 Å². The summed E-state index contributed by atoms with van der Waals surface area (Å²) in [6.45, 7) is 4.45. The Balaban J connectivity index is 2.28. The number of rotatable bonds is 2. The van der Waals surface area contributed by atoms with Crippen molar-refractivity contribution in [2.45, 2.75) is 45.2 Å². The van der Waals surface area contributed by atoms with Crippen LogP contribution in [0.25, 0.3) is 0 Å². The van der Waals surface area contributed by atoms with Crippen molar-refractivity contribution < 1.29 is 0 Å². The number of nitrogens with two attached hydrogens (primary N) is 1. The molecule has 1 aliphatic rings. The molecule has 2 heterocycles. The fraction of sp³-hybridized carbons (Fsp3) is 0.636. The highest BCUT2D eigenvalue weighted by atomic mass is 15.3. The Kier molecular flexibility index (Phi) is 2.75. The first-order valence-corrected chi connectivity index (χ1v) is 5.58. The van der Waals surface area contributed by atoms with Crippen LogP contribution in [0.2, 0.25) is 0 Å². The van der Waals surface area contributed by atoms with Gasteiger partial charge in [0.1, 0.15) is 11.6 Å². The lowest BCUT2D eigenvalue weighted by atomic mass is 10.1. The van der Waals surface area contributed by atoms with Crippen LogP contribution in [-0.4, -0.2) is 22.1 Å². The molecule has 0 bridgehead atoms. The van der Waals surface area contributed by atoms with Gasteiger partial charge in [-0.3, -0.25) is 4.98 Å². The van der Waals surface area contributed by atoms with E-state index in [0.717, 1.165) is 12.2 Å². The number of nitrogen functional groups attached to an aromatic ring is 1. The lowest BCUT2D eigenvalue weighted by molar-refractivity contribution is 0.620. The molecule has 15 heavy (non-hydrogen) atoms. The molecule has 1 fully saturated rings. The van der Waals surface area contributed by atoms with Gasteiger partial charge in [-0.1, -0.05) is 6.92 Å². The van der Waals surface area contributed by atoms with Crippen molar-refractivity contribution in [3.05, 3.63) is 12.4 Å². The van der Waals surface area contributed by atoms with Crippen LogP contribution in [0.15, 0.2) is 12.4 Å². The van der Waals surface area contributed by atoms with E-state index in [-0.39, 0.29) is 0 Å². The topological polar surface area (TPSA) is 55.0 Å². The predicted molar refractivity (Wildman–Crippen MR) is 61.7 cm³/mol. The van der Waals surface area contributed by atoms with Gasteiger partial charge in [-0.15, -0.1) is 0 Å². The molecule has 0 spiro atoms. The van der Waals surface area contributed by atoms with Gasteiger partial charge in [0.25, 0.3) is 0 Å². The van der Waals surface area contributed by atoms with Crippen LogP contribution in [0, 0.1) is 0 Å². The summed E-state index contributed by atoms with van der Waals surface area (Å²) in [6.07, 6.45) is 7.02. The zero-order valence-corrected chi connectivity index (χ0v) is 9.35. The Morgan fingerprint density at radius 3 is 2.93 bits per heavy atom. The Hall–Kier alpha value is -1.32. The van der Waals surface area contributed by atoms with E-state index in [9.17, 15) is 0 Å². The Bertz CT molecular complexity index is 339. The van der Waals surface area contributed by atoms with E-state index in [1.165, 1.54) is 12.8 Å². The van der Waals surface area contributed by atoms with Crippen LogP contribution < -0.4 is 10.6 Å². The van der Waals surface area contributed by atoms with E-state index in [0.29, 0.717) is 17.9 Å². The smallest absolute Gasteiger partial charge is 0.150 e. The Morgan fingerprint density at radius 2 is 2.27 bits per heavy atom. The summed E-state index contributed by atoms with van der Waals surface area (Å²) < 4.78 is 0. The molecule has 0 amide bonds. The Morgan fingerprint density at radius 1 is 1.47 bits per heavy atom.